The van der Waals surface area contributed by atoms with Crippen LogP contribution < -0.4 is 5.32 Å². The second-order valence-corrected chi connectivity index (χ2v) is 7.13. The lowest BCUT2D eigenvalue weighted by atomic mass is 9.97. The number of halogens is 3. The van der Waals surface area contributed by atoms with E-state index in [0.717, 1.165) is 0 Å². The summed E-state index contributed by atoms with van der Waals surface area (Å²) in [5.41, 5.74) is 1.49. The third-order valence-electron chi connectivity index (χ3n) is 4.30. The lowest BCUT2D eigenvalue weighted by Gasteiger charge is -2.20. The minimum atomic E-state index is -0.512. The zero-order valence-corrected chi connectivity index (χ0v) is 16.5. The molecule has 3 rings (SSSR count). The predicted octanol–water partition coefficient (Wildman–Crippen LogP) is 6.47. The zero-order chi connectivity index (χ0) is 21.0. The maximum atomic E-state index is 13.5. The van der Waals surface area contributed by atoms with Crippen molar-refractivity contribution >= 4 is 40.4 Å². The van der Waals surface area contributed by atoms with Gasteiger partial charge in [0.1, 0.15) is 5.82 Å². The SMILES string of the molecule is O=C(CC(Nc1ccc([N+](=O)[O-])cc1)c1ccc(Cl)c(Cl)c1)c1cccc(F)c1. The minimum Gasteiger partial charge on any atom is -0.378 e. The van der Waals surface area contributed by atoms with Gasteiger partial charge < -0.3 is 5.32 Å². The lowest BCUT2D eigenvalue weighted by Crippen LogP contribution is -2.16. The number of nitro groups is 1. The van der Waals surface area contributed by atoms with Crippen molar-refractivity contribution in [2.75, 3.05) is 5.32 Å². The Labute approximate surface area is 176 Å². The van der Waals surface area contributed by atoms with Crippen molar-refractivity contribution in [3.8, 4) is 0 Å². The van der Waals surface area contributed by atoms with Crippen LogP contribution in [0.1, 0.15) is 28.4 Å². The van der Waals surface area contributed by atoms with Crippen LogP contribution in [0, 0.1) is 15.9 Å². The van der Waals surface area contributed by atoms with Gasteiger partial charge in [-0.05, 0) is 42.0 Å². The number of ketones is 1. The molecule has 0 bridgehead atoms. The largest absolute Gasteiger partial charge is 0.378 e. The molecule has 3 aromatic carbocycles. The molecule has 148 valence electrons. The third-order valence-corrected chi connectivity index (χ3v) is 5.04. The van der Waals surface area contributed by atoms with Gasteiger partial charge in [0, 0.05) is 29.8 Å². The van der Waals surface area contributed by atoms with Crippen LogP contribution in [0.3, 0.4) is 0 Å². The summed E-state index contributed by atoms with van der Waals surface area (Å²) in [5.74, 6) is -0.764. The molecule has 8 heteroatoms. The Morgan fingerprint density at radius 3 is 2.38 bits per heavy atom. The molecule has 0 aliphatic rings. The Balaban J connectivity index is 1.89. The maximum Gasteiger partial charge on any atom is 0.269 e. The number of carbonyl (C=O) groups excluding carboxylic acids is 1. The number of carbonyl (C=O) groups is 1. The molecule has 0 aliphatic carbocycles. The van der Waals surface area contributed by atoms with Crippen LogP contribution in [0.2, 0.25) is 10.0 Å². The summed E-state index contributed by atoms with van der Waals surface area (Å²) in [6, 6.07) is 15.8. The van der Waals surface area contributed by atoms with Crippen molar-refractivity contribution in [2.45, 2.75) is 12.5 Å². The topological polar surface area (TPSA) is 72.2 Å². The Morgan fingerprint density at radius 2 is 1.76 bits per heavy atom. The van der Waals surface area contributed by atoms with E-state index in [1.807, 2.05) is 0 Å². The molecule has 1 N–H and O–H groups in total. The van der Waals surface area contributed by atoms with Crippen molar-refractivity contribution in [2.24, 2.45) is 0 Å². The quantitative estimate of drug-likeness (QED) is 0.263. The van der Waals surface area contributed by atoms with Crippen LogP contribution in [-0.4, -0.2) is 10.7 Å². The normalized spacial score (nSPS) is 11.7. The molecule has 3 aromatic rings. The van der Waals surface area contributed by atoms with Gasteiger partial charge in [0.25, 0.3) is 5.69 Å². The predicted molar refractivity (Wildman–Crippen MR) is 111 cm³/mol. The molecule has 0 aliphatic heterocycles. The van der Waals surface area contributed by atoms with Crippen LogP contribution in [0.5, 0.6) is 0 Å². The molecule has 0 fully saturated rings. The van der Waals surface area contributed by atoms with E-state index in [-0.39, 0.29) is 23.5 Å². The molecule has 0 radical (unpaired) electrons. The summed E-state index contributed by atoms with van der Waals surface area (Å²) in [5, 5.41) is 14.7. The van der Waals surface area contributed by atoms with E-state index >= 15 is 0 Å². The average Bonchev–Trinajstić information content (AvgIpc) is 2.70. The second-order valence-electron chi connectivity index (χ2n) is 6.31. The van der Waals surface area contributed by atoms with E-state index in [9.17, 15) is 19.3 Å². The molecule has 1 unspecified atom stereocenters. The lowest BCUT2D eigenvalue weighted by molar-refractivity contribution is -0.384. The van der Waals surface area contributed by atoms with Gasteiger partial charge in [-0.3, -0.25) is 14.9 Å². The molecule has 0 aromatic heterocycles. The second kappa shape index (κ2) is 9.03. The van der Waals surface area contributed by atoms with Gasteiger partial charge in [-0.25, -0.2) is 4.39 Å². The van der Waals surface area contributed by atoms with E-state index < -0.39 is 16.8 Å². The number of benzene rings is 3. The van der Waals surface area contributed by atoms with Crippen molar-refractivity contribution in [1.82, 2.24) is 0 Å². The number of nitrogens with one attached hydrogen (secondary N) is 1. The molecule has 5 nitrogen and oxygen atoms in total. The first-order valence-electron chi connectivity index (χ1n) is 8.58. The molecule has 0 heterocycles. The van der Waals surface area contributed by atoms with E-state index in [1.165, 1.54) is 30.3 Å². The number of Topliss-reactive ketones (excluding diaryl/α,β-unsaturated/α-hetero) is 1. The smallest absolute Gasteiger partial charge is 0.269 e. The van der Waals surface area contributed by atoms with E-state index in [2.05, 4.69) is 5.32 Å². The number of hydrogen-bond donors (Lipinski definition) is 1. The van der Waals surface area contributed by atoms with Crippen LogP contribution in [0.4, 0.5) is 15.8 Å². The minimum absolute atomic E-state index is 0.0123. The summed E-state index contributed by atoms with van der Waals surface area (Å²) < 4.78 is 13.5. The van der Waals surface area contributed by atoms with Crippen LogP contribution in [-0.2, 0) is 0 Å². The molecular weight excluding hydrogens is 418 g/mol. The van der Waals surface area contributed by atoms with Crippen molar-refractivity contribution < 1.29 is 14.1 Å². The van der Waals surface area contributed by atoms with Crippen molar-refractivity contribution in [3.05, 3.63) is 104 Å². The molecule has 0 saturated heterocycles. The monoisotopic (exact) mass is 432 g/mol. The highest BCUT2D eigenvalue weighted by atomic mass is 35.5. The maximum absolute atomic E-state index is 13.5. The van der Waals surface area contributed by atoms with E-state index in [0.29, 0.717) is 21.3 Å². The van der Waals surface area contributed by atoms with Gasteiger partial charge in [0.05, 0.1) is 21.0 Å². The highest BCUT2D eigenvalue weighted by molar-refractivity contribution is 6.42. The molecule has 0 saturated carbocycles. The van der Waals surface area contributed by atoms with Gasteiger partial charge in [-0.2, -0.15) is 0 Å². The Hall–Kier alpha value is -2.96. The highest BCUT2D eigenvalue weighted by Crippen LogP contribution is 2.30. The van der Waals surface area contributed by atoms with Gasteiger partial charge in [0.2, 0.25) is 0 Å². The average molecular weight is 433 g/mol. The fraction of sp³-hybridized carbons (Fsp3) is 0.0952. The summed E-state index contributed by atoms with van der Waals surface area (Å²) in [6.45, 7) is 0. The number of hydrogen-bond acceptors (Lipinski definition) is 4. The Morgan fingerprint density at radius 1 is 1.03 bits per heavy atom. The first kappa shape index (κ1) is 20.8. The standard InChI is InChI=1S/C21H15Cl2FN2O3/c22-18-9-4-13(11-19(18)23)20(12-21(27)14-2-1-3-15(24)10-14)25-16-5-7-17(8-6-16)26(28)29/h1-11,20,25H,12H2. The molecular formula is C21H15Cl2FN2O3. The molecule has 0 amide bonds. The van der Waals surface area contributed by atoms with Gasteiger partial charge in [-0.1, -0.05) is 41.4 Å². The zero-order valence-electron chi connectivity index (χ0n) is 14.9. The van der Waals surface area contributed by atoms with Gasteiger partial charge >= 0.3 is 0 Å². The summed E-state index contributed by atoms with van der Waals surface area (Å²) >= 11 is 12.1. The number of anilines is 1. The first-order valence-corrected chi connectivity index (χ1v) is 9.34. The molecule has 0 spiro atoms. The van der Waals surface area contributed by atoms with Crippen LogP contribution in [0.15, 0.2) is 66.7 Å². The van der Waals surface area contributed by atoms with Crippen molar-refractivity contribution in [3.63, 3.8) is 0 Å². The van der Waals surface area contributed by atoms with E-state index in [4.69, 9.17) is 23.2 Å². The molecule has 29 heavy (non-hydrogen) atoms. The first-order chi connectivity index (χ1) is 13.8. The molecule has 1 atom stereocenters. The number of rotatable bonds is 7. The third kappa shape index (κ3) is 5.31. The van der Waals surface area contributed by atoms with Crippen LogP contribution >= 0.6 is 23.2 Å². The fourth-order valence-corrected chi connectivity index (χ4v) is 3.13. The number of nitro benzene ring substituents is 1. The van der Waals surface area contributed by atoms with E-state index in [1.54, 1.807) is 36.4 Å². The Kier molecular flexibility index (Phi) is 6.46. The fourth-order valence-electron chi connectivity index (χ4n) is 2.83. The summed E-state index contributed by atoms with van der Waals surface area (Å²) in [7, 11) is 0. The van der Waals surface area contributed by atoms with Gasteiger partial charge in [-0.15, -0.1) is 0 Å². The number of nitrogens with zero attached hydrogens (tertiary/aromatic N) is 1. The summed E-state index contributed by atoms with van der Waals surface area (Å²) in [4.78, 5) is 23.1. The Bertz CT molecular complexity index is 1060. The summed E-state index contributed by atoms with van der Waals surface area (Å²) in [6.07, 6.45) is 0.0123. The van der Waals surface area contributed by atoms with Crippen LogP contribution in [0.25, 0.3) is 0 Å². The van der Waals surface area contributed by atoms with Crippen molar-refractivity contribution in [1.29, 1.82) is 0 Å². The van der Waals surface area contributed by atoms with Gasteiger partial charge in [0.15, 0.2) is 5.78 Å². The highest BCUT2D eigenvalue weighted by Gasteiger charge is 2.19. The number of non-ortho nitro benzene ring substituents is 1.